The number of carboxylic acids is 2. The Morgan fingerprint density at radius 2 is 1.22 bits per heavy atom. The van der Waals surface area contributed by atoms with Crippen molar-refractivity contribution >= 4 is 49.7 Å². The first kappa shape index (κ1) is 22.6. The molecule has 0 saturated carbocycles. The van der Waals surface area contributed by atoms with Gasteiger partial charge in [-0.2, -0.15) is 0 Å². The fraction of sp³-hybridized carbons (Fsp3) is 0. The number of carboxylic acid groups (broad SMARTS) is 2. The Hall–Kier alpha value is 2.55. The third-order valence-electron chi connectivity index (χ3n) is 0.183. The van der Waals surface area contributed by atoms with Gasteiger partial charge < -0.3 is 14.5 Å². The third kappa shape index (κ3) is 18.0. The van der Waals surface area contributed by atoms with Gasteiger partial charge in [-0.15, -0.1) is 0 Å². The molecule has 0 radical (unpaired) electrons. The molecule has 0 unspecified atom stereocenters. The molecule has 0 heterocycles. The Kier molecular flexibility index (Phi) is 33.0. The van der Waals surface area contributed by atoms with Crippen molar-refractivity contribution in [3.05, 3.63) is 0 Å². The summed E-state index contributed by atoms with van der Waals surface area (Å²) in [5.41, 5.74) is 0. The predicted octanol–water partition coefficient (Wildman–Crippen LogP) is -3.89. The van der Waals surface area contributed by atoms with Crippen molar-refractivity contribution in [2.75, 3.05) is 0 Å². The molecule has 0 aliphatic rings. The van der Waals surface area contributed by atoms with Crippen LogP contribution < -0.4 is 51.4 Å². The number of hydrogen-bond acceptors (Lipinski definition) is 2. The Balaban J connectivity index is -0.00000000833. The van der Waals surface area contributed by atoms with Crippen molar-refractivity contribution in [3.8, 4) is 0 Å². The van der Waals surface area contributed by atoms with E-state index in [1.54, 1.807) is 0 Å². The summed E-state index contributed by atoms with van der Waals surface area (Å²) in [5, 5.41) is 14.8. The van der Waals surface area contributed by atoms with E-state index < -0.39 is 11.9 Å². The molecule has 7 heteroatoms. The van der Waals surface area contributed by atoms with Crippen molar-refractivity contribution in [2.24, 2.45) is 0 Å². The minimum absolute atomic E-state index is 0. The Labute approximate surface area is 144 Å². The predicted molar refractivity (Wildman–Crippen MR) is 24.4 cm³/mol. The van der Waals surface area contributed by atoms with Crippen LogP contribution in [-0.4, -0.2) is 59.9 Å². The minimum atomic E-state index is -1.82. The molecule has 0 atom stereocenters. The first-order valence-corrected chi connectivity index (χ1v) is 1.11. The summed E-state index contributed by atoms with van der Waals surface area (Å²) < 4.78 is 0. The summed E-state index contributed by atoms with van der Waals surface area (Å²) in [6, 6.07) is 0. The molecule has 9 heavy (non-hydrogen) atoms. The van der Waals surface area contributed by atoms with E-state index in [0.717, 1.165) is 0 Å². The molecule has 0 spiro atoms. The smallest absolute Gasteiger partial charge is 1.00 e. The van der Waals surface area contributed by atoms with Gasteiger partial charge in [-0.3, -0.25) is 0 Å². The van der Waals surface area contributed by atoms with Crippen LogP contribution in [0, 0.1) is 0 Å². The zero-order valence-corrected chi connectivity index (χ0v) is 11.8. The zero-order chi connectivity index (χ0) is 5.15. The van der Waals surface area contributed by atoms with Crippen LogP contribution in [0.1, 0.15) is 4.28 Å². The maximum Gasteiger partial charge on any atom is 2.00 e. The average molecular weight is 220 g/mol. The van der Waals surface area contributed by atoms with Crippen LogP contribution in [0.2, 0.25) is 0 Å². The van der Waals surface area contributed by atoms with Gasteiger partial charge in [-0.1, -0.05) is 0 Å². The van der Waals surface area contributed by atoms with Gasteiger partial charge in [0.05, 0.1) is 0 Å². The average Bonchev–Trinajstić information content (AvgIpc) is 1.36. The summed E-state index contributed by atoms with van der Waals surface area (Å²) in [5.74, 6) is -3.65. The molecule has 0 aromatic carbocycles. The van der Waals surface area contributed by atoms with Crippen molar-refractivity contribution in [1.82, 2.24) is 0 Å². The zero-order valence-electron chi connectivity index (χ0n) is 7.92. The molecule has 0 rings (SSSR count). The van der Waals surface area contributed by atoms with E-state index in [0.29, 0.717) is 0 Å². The van der Waals surface area contributed by atoms with Gasteiger partial charge in [0.15, 0.2) is 0 Å². The van der Waals surface area contributed by atoms with Gasteiger partial charge in [0.2, 0.25) is 0 Å². The van der Waals surface area contributed by atoms with Gasteiger partial charge in [-0.05, 0) is 0 Å². The molecule has 0 bridgehead atoms. The monoisotopic (exact) mass is 220 g/mol. The quantitative estimate of drug-likeness (QED) is 0.323. The first-order chi connectivity index (χ1) is 2.64. The fourth-order valence-corrected chi connectivity index (χ4v) is 0. The maximum absolute atomic E-state index is 9.10. The molecule has 0 aromatic rings. The Morgan fingerprint density at radius 1 is 1.11 bits per heavy atom. The number of aliphatic carboxylic acids is 2. The van der Waals surface area contributed by atoms with Crippen molar-refractivity contribution in [2.45, 2.75) is 0 Å². The van der Waals surface area contributed by atoms with Crippen molar-refractivity contribution in [3.63, 3.8) is 0 Å². The Morgan fingerprint density at radius 3 is 1.22 bits per heavy atom. The normalized spacial score (nSPS) is 4.89. The number of carbonyl (C=O) groups is 2. The molecular formula is C2H5CaKO4Ti. The largest absolute Gasteiger partial charge is 2.00 e. The molecule has 0 aromatic heterocycles. The van der Waals surface area contributed by atoms with Gasteiger partial charge in [0.25, 0.3) is 0 Å². The molecule has 0 amide bonds. The van der Waals surface area contributed by atoms with Crippen LogP contribution in [0.3, 0.4) is 0 Å². The van der Waals surface area contributed by atoms with Crippen LogP contribution in [0.5, 0.6) is 0 Å². The van der Waals surface area contributed by atoms with Gasteiger partial charge in [-0.25, -0.2) is 9.59 Å². The summed E-state index contributed by atoms with van der Waals surface area (Å²) >= 11 is 0. The molecule has 0 aliphatic heterocycles. The molecule has 2 N–H and O–H groups in total. The van der Waals surface area contributed by atoms with E-state index in [-0.39, 0.29) is 115 Å². The Bertz CT molecular complexity index is 94.3. The van der Waals surface area contributed by atoms with E-state index in [9.17, 15) is 0 Å². The molecule has 0 saturated heterocycles. The molecule has 44 valence electrons. The first-order valence-electron chi connectivity index (χ1n) is 1.11. The summed E-state index contributed by atoms with van der Waals surface area (Å²) in [7, 11) is 0. The van der Waals surface area contributed by atoms with Crippen molar-refractivity contribution < 1.29 is 97.2 Å². The van der Waals surface area contributed by atoms with E-state index in [4.69, 9.17) is 19.8 Å². The molecular weight excluding hydrogens is 215 g/mol. The standard InChI is InChI=1S/C2H2O4.Ca.K.Ti.3H/c3-1(4)2(5)6;;;;;;/h(H,3,4)(H,5,6);;;;;;/q;+2;+1;;3*-1. The second kappa shape index (κ2) is 13.2. The third-order valence-corrected chi connectivity index (χ3v) is 0.183. The topological polar surface area (TPSA) is 74.6 Å². The van der Waals surface area contributed by atoms with E-state index in [1.807, 2.05) is 0 Å². The van der Waals surface area contributed by atoms with Gasteiger partial charge in [0, 0.05) is 21.7 Å². The van der Waals surface area contributed by atoms with Crippen LogP contribution in [0.15, 0.2) is 0 Å². The van der Waals surface area contributed by atoms with Gasteiger partial charge in [0.1, 0.15) is 0 Å². The second-order valence-corrected chi connectivity index (χ2v) is 0.610. The molecule has 0 fully saturated rings. The van der Waals surface area contributed by atoms with E-state index >= 15 is 0 Å². The fourth-order valence-electron chi connectivity index (χ4n) is 0. The van der Waals surface area contributed by atoms with Gasteiger partial charge >= 0.3 is 101 Å². The van der Waals surface area contributed by atoms with Crippen molar-refractivity contribution in [1.29, 1.82) is 0 Å². The van der Waals surface area contributed by atoms with Crippen LogP contribution in [-0.2, 0) is 31.3 Å². The summed E-state index contributed by atoms with van der Waals surface area (Å²) in [6.45, 7) is 0. The molecule has 0 aliphatic carbocycles. The minimum Gasteiger partial charge on any atom is -1.00 e. The summed E-state index contributed by atoms with van der Waals surface area (Å²) in [6.07, 6.45) is 0. The number of rotatable bonds is 0. The van der Waals surface area contributed by atoms with E-state index in [2.05, 4.69) is 0 Å². The maximum atomic E-state index is 9.10. The van der Waals surface area contributed by atoms with Crippen LogP contribution >= 0.6 is 0 Å². The van der Waals surface area contributed by atoms with Crippen LogP contribution in [0.25, 0.3) is 0 Å². The number of hydrogen-bond donors (Lipinski definition) is 2. The van der Waals surface area contributed by atoms with Crippen LogP contribution in [0.4, 0.5) is 0 Å². The molecule has 4 nitrogen and oxygen atoms in total. The SMILES string of the molecule is O=C(O)C(=O)O.[Ca+2].[H-].[H-].[H-].[K+].[Ti]. The second-order valence-electron chi connectivity index (χ2n) is 0.610. The summed E-state index contributed by atoms with van der Waals surface area (Å²) in [4.78, 5) is 18.2. The van der Waals surface area contributed by atoms with E-state index in [1.165, 1.54) is 0 Å².